The van der Waals surface area contributed by atoms with Crippen LogP contribution in [0.5, 0.6) is 5.75 Å². The summed E-state index contributed by atoms with van der Waals surface area (Å²) in [6.45, 7) is 0. The van der Waals surface area contributed by atoms with Crippen LogP contribution in [0, 0.1) is 0 Å². The second kappa shape index (κ2) is 7.69. The van der Waals surface area contributed by atoms with E-state index in [0.717, 1.165) is 0 Å². The molecule has 0 saturated carbocycles. The molecule has 0 bridgehead atoms. The van der Waals surface area contributed by atoms with E-state index in [9.17, 15) is 4.79 Å². The number of aromatic nitrogens is 3. The maximum Gasteiger partial charge on any atom is 0.271 e. The number of ether oxygens (including phenoxy) is 1. The van der Waals surface area contributed by atoms with E-state index >= 15 is 0 Å². The summed E-state index contributed by atoms with van der Waals surface area (Å²) >= 11 is 0. The zero-order valence-electron chi connectivity index (χ0n) is 15.3. The highest BCUT2D eigenvalue weighted by Crippen LogP contribution is 2.23. The molecule has 0 amide bonds. The number of nitrogens with two attached hydrogens (primary N) is 1. The lowest BCUT2D eigenvalue weighted by atomic mass is 10.2. The smallest absolute Gasteiger partial charge is 0.271 e. The highest BCUT2D eigenvalue weighted by atomic mass is 16.5. The lowest BCUT2D eigenvalue weighted by Gasteiger charge is -2.17. The predicted molar refractivity (Wildman–Crippen MR) is 106 cm³/mol. The molecule has 0 radical (unpaired) electrons. The molecule has 0 spiro atoms. The number of aliphatic imine (C=N–C) groups is 1. The van der Waals surface area contributed by atoms with E-state index in [1.165, 1.54) is 11.6 Å². The summed E-state index contributed by atoms with van der Waals surface area (Å²) in [7, 11) is 4.79. The Kier molecular flexibility index (Phi) is 5.16. The van der Waals surface area contributed by atoms with Gasteiger partial charge in [0.25, 0.3) is 5.56 Å². The number of hydrogen-bond donors (Lipinski definition) is 2. The molecule has 8 nitrogen and oxygen atoms in total. The number of hydrogen-bond acceptors (Lipinski definition) is 6. The fourth-order valence-electron chi connectivity index (χ4n) is 2.70. The van der Waals surface area contributed by atoms with Crippen LogP contribution in [0.15, 0.2) is 58.6 Å². The quantitative estimate of drug-likeness (QED) is 0.527. The van der Waals surface area contributed by atoms with Crippen LogP contribution in [-0.4, -0.2) is 41.6 Å². The molecule has 0 fully saturated rings. The highest BCUT2D eigenvalue weighted by molar-refractivity contribution is 6.01. The van der Waals surface area contributed by atoms with Crippen molar-refractivity contribution in [1.29, 1.82) is 0 Å². The van der Waals surface area contributed by atoms with Gasteiger partial charge in [-0.15, -0.1) is 0 Å². The summed E-state index contributed by atoms with van der Waals surface area (Å²) in [5, 5.41) is 2.93. The summed E-state index contributed by atoms with van der Waals surface area (Å²) in [5.41, 5.74) is 7.18. The number of nitrogens with one attached hydrogen (secondary N) is 1. The van der Waals surface area contributed by atoms with E-state index in [1.54, 1.807) is 56.9 Å². The molecule has 3 aromatic rings. The molecule has 0 aliphatic carbocycles. The molecule has 2 aromatic heterocycles. The lowest BCUT2D eigenvalue weighted by Crippen LogP contribution is -2.32. The van der Waals surface area contributed by atoms with Crippen molar-refractivity contribution in [2.75, 3.05) is 26.5 Å². The average molecular weight is 364 g/mol. The Morgan fingerprint density at radius 1 is 1.26 bits per heavy atom. The summed E-state index contributed by atoms with van der Waals surface area (Å²) in [5.74, 6) is 1.59. The van der Waals surface area contributed by atoms with E-state index in [2.05, 4.69) is 20.3 Å². The van der Waals surface area contributed by atoms with Gasteiger partial charge in [0.15, 0.2) is 5.82 Å². The van der Waals surface area contributed by atoms with E-state index in [-0.39, 0.29) is 17.0 Å². The Hall–Kier alpha value is -3.68. The van der Waals surface area contributed by atoms with Crippen LogP contribution in [0.2, 0.25) is 0 Å². The second-order valence-electron chi connectivity index (χ2n) is 5.60. The van der Waals surface area contributed by atoms with Crippen molar-refractivity contribution in [3.05, 3.63) is 64.7 Å². The topological polar surface area (TPSA) is 107 Å². The van der Waals surface area contributed by atoms with Gasteiger partial charge in [-0.05, 0) is 36.4 Å². The van der Waals surface area contributed by atoms with Crippen LogP contribution in [0.25, 0.3) is 17.1 Å². The number of rotatable bonds is 5. The Morgan fingerprint density at radius 3 is 2.56 bits per heavy atom. The van der Waals surface area contributed by atoms with Gasteiger partial charge in [0.05, 0.1) is 12.8 Å². The SMILES string of the molecule is CN=C(N)c1c(NC)nc(-c2cccnc2)n(-c2ccc(OC)cc2)c1=O. The van der Waals surface area contributed by atoms with E-state index in [0.29, 0.717) is 28.6 Å². The van der Waals surface area contributed by atoms with Crippen LogP contribution >= 0.6 is 0 Å². The first kappa shape index (κ1) is 18.1. The Labute approximate surface area is 156 Å². The van der Waals surface area contributed by atoms with Crippen LogP contribution < -0.4 is 21.3 Å². The van der Waals surface area contributed by atoms with Gasteiger partial charge in [-0.3, -0.25) is 19.3 Å². The molecular formula is C19H20N6O2. The van der Waals surface area contributed by atoms with Crippen molar-refractivity contribution in [1.82, 2.24) is 14.5 Å². The normalized spacial score (nSPS) is 11.3. The zero-order valence-corrected chi connectivity index (χ0v) is 15.3. The number of amidine groups is 1. The molecule has 8 heteroatoms. The van der Waals surface area contributed by atoms with E-state index in [4.69, 9.17) is 10.5 Å². The number of methoxy groups -OCH3 is 1. The fourth-order valence-corrected chi connectivity index (χ4v) is 2.70. The molecule has 3 N–H and O–H groups in total. The first-order chi connectivity index (χ1) is 13.1. The fraction of sp³-hybridized carbons (Fsp3) is 0.158. The number of pyridine rings is 1. The van der Waals surface area contributed by atoms with Gasteiger partial charge >= 0.3 is 0 Å². The first-order valence-corrected chi connectivity index (χ1v) is 8.23. The molecule has 0 aliphatic heterocycles. The van der Waals surface area contributed by atoms with E-state index in [1.807, 2.05) is 6.07 Å². The van der Waals surface area contributed by atoms with E-state index < -0.39 is 0 Å². The predicted octanol–water partition coefficient (Wildman–Crippen LogP) is 1.68. The van der Waals surface area contributed by atoms with Gasteiger partial charge in [0, 0.05) is 32.1 Å². The van der Waals surface area contributed by atoms with Gasteiger partial charge in [-0.2, -0.15) is 0 Å². The van der Waals surface area contributed by atoms with Gasteiger partial charge < -0.3 is 15.8 Å². The summed E-state index contributed by atoms with van der Waals surface area (Å²) in [6, 6.07) is 10.7. The van der Waals surface area contributed by atoms with Crippen LogP contribution in [0.1, 0.15) is 5.56 Å². The number of benzene rings is 1. The largest absolute Gasteiger partial charge is 0.497 e. The van der Waals surface area contributed by atoms with Gasteiger partial charge in [0.2, 0.25) is 0 Å². The minimum Gasteiger partial charge on any atom is -0.497 e. The van der Waals surface area contributed by atoms with Crippen molar-refractivity contribution < 1.29 is 4.74 Å². The van der Waals surface area contributed by atoms with Crippen molar-refractivity contribution >= 4 is 11.7 Å². The van der Waals surface area contributed by atoms with Crippen molar-refractivity contribution in [2.24, 2.45) is 10.7 Å². The number of nitrogens with zero attached hydrogens (tertiary/aromatic N) is 4. The molecule has 27 heavy (non-hydrogen) atoms. The molecule has 1 aromatic carbocycles. The average Bonchev–Trinajstić information content (AvgIpc) is 2.73. The molecule has 0 unspecified atom stereocenters. The molecule has 0 aliphatic rings. The highest BCUT2D eigenvalue weighted by Gasteiger charge is 2.20. The summed E-state index contributed by atoms with van der Waals surface area (Å²) in [4.78, 5) is 26.1. The minimum absolute atomic E-state index is 0.108. The molecule has 0 saturated heterocycles. The van der Waals surface area contributed by atoms with Gasteiger partial charge in [-0.25, -0.2) is 4.98 Å². The lowest BCUT2D eigenvalue weighted by molar-refractivity contribution is 0.414. The summed E-state index contributed by atoms with van der Waals surface area (Å²) in [6.07, 6.45) is 3.31. The monoisotopic (exact) mass is 364 g/mol. The maximum atomic E-state index is 13.4. The minimum atomic E-state index is -0.332. The summed E-state index contributed by atoms with van der Waals surface area (Å²) < 4.78 is 6.69. The maximum absolute atomic E-state index is 13.4. The third-order valence-electron chi connectivity index (χ3n) is 4.07. The second-order valence-corrected chi connectivity index (χ2v) is 5.60. The third-order valence-corrected chi connectivity index (χ3v) is 4.07. The molecule has 3 rings (SSSR count). The van der Waals surface area contributed by atoms with Crippen molar-refractivity contribution in [3.8, 4) is 22.8 Å². The Bertz CT molecular complexity index is 1030. The van der Waals surface area contributed by atoms with Gasteiger partial charge in [0.1, 0.15) is 23.0 Å². The van der Waals surface area contributed by atoms with Crippen LogP contribution in [0.4, 0.5) is 5.82 Å². The van der Waals surface area contributed by atoms with Crippen molar-refractivity contribution in [2.45, 2.75) is 0 Å². The van der Waals surface area contributed by atoms with Crippen LogP contribution in [0.3, 0.4) is 0 Å². The molecule has 2 heterocycles. The van der Waals surface area contributed by atoms with Crippen LogP contribution in [-0.2, 0) is 0 Å². The number of anilines is 1. The van der Waals surface area contributed by atoms with Gasteiger partial charge in [-0.1, -0.05) is 0 Å². The molecule has 138 valence electrons. The molecular weight excluding hydrogens is 344 g/mol. The Balaban J connectivity index is 2.38. The first-order valence-electron chi connectivity index (χ1n) is 8.23. The third kappa shape index (κ3) is 3.37. The Morgan fingerprint density at radius 2 is 2.00 bits per heavy atom. The van der Waals surface area contributed by atoms with Crippen molar-refractivity contribution in [3.63, 3.8) is 0 Å². The zero-order chi connectivity index (χ0) is 19.4. The standard InChI is InChI=1S/C19H20N6O2/c1-21-16(20)15-17(22-2)24-18(12-5-4-10-23-11-12)25(19(15)26)13-6-8-14(27-3)9-7-13/h4-11,22H,1-3H3,(H2,20,21). The molecule has 0 atom stereocenters.